The van der Waals surface area contributed by atoms with Crippen LogP contribution in [0.4, 0.5) is 0 Å². The summed E-state index contributed by atoms with van der Waals surface area (Å²) in [5.41, 5.74) is 3.73. The van der Waals surface area contributed by atoms with Crippen molar-refractivity contribution >= 4 is 0 Å². The van der Waals surface area contributed by atoms with Crippen molar-refractivity contribution in [2.75, 3.05) is 6.54 Å². The molecular formula is C24H25NO2. The van der Waals surface area contributed by atoms with E-state index < -0.39 is 0 Å². The third-order valence-electron chi connectivity index (χ3n) is 4.86. The van der Waals surface area contributed by atoms with E-state index >= 15 is 0 Å². The molecule has 1 aliphatic heterocycles. The number of ether oxygens (including phenoxy) is 2. The van der Waals surface area contributed by atoms with Crippen molar-refractivity contribution in [3.63, 3.8) is 0 Å². The number of hydrogen-bond donors (Lipinski definition) is 1. The normalized spacial score (nSPS) is 15.6. The number of benzene rings is 3. The zero-order chi connectivity index (χ0) is 18.3. The fourth-order valence-electron chi connectivity index (χ4n) is 3.35. The van der Waals surface area contributed by atoms with Crippen molar-refractivity contribution in [3.8, 4) is 11.5 Å². The molecule has 3 aromatic carbocycles. The molecule has 1 N–H and O–H groups in total. The number of nitrogens with one attached hydrogen (secondary N) is 1. The average molecular weight is 359 g/mol. The second kappa shape index (κ2) is 8.74. The Morgan fingerprint density at radius 3 is 2.41 bits per heavy atom. The van der Waals surface area contributed by atoms with E-state index in [-0.39, 0.29) is 6.10 Å². The molecule has 0 radical (unpaired) electrons. The van der Waals surface area contributed by atoms with Gasteiger partial charge in [0.05, 0.1) is 0 Å². The molecule has 3 heteroatoms. The molecule has 0 aliphatic carbocycles. The maximum absolute atomic E-state index is 6.22. The topological polar surface area (TPSA) is 30.5 Å². The van der Waals surface area contributed by atoms with Crippen molar-refractivity contribution in [2.45, 2.75) is 32.1 Å². The highest BCUT2D eigenvalue weighted by atomic mass is 16.5. The highest BCUT2D eigenvalue weighted by Gasteiger charge is 2.20. The van der Waals surface area contributed by atoms with Gasteiger partial charge in [-0.3, -0.25) is 0 Å². The highest BCUT2D eigenvalue weighted by molar-refractivity contribution is 5.42. The van der Waals surface area contributed by atoms with Crippen molar-refractivity contribution in [3.05, 3.63) is 95.6 Å². The van der Waals surface area contributed by atoms with E-state index in [1.807, 2.05) is 36.4 Å². The van der Waals surface area contributed by atoms with E-state index in [1.54, 1.807) is 0 Å². The number of rotatable bonds is 7. The molecule has 1 aliphatic rings. The number of hydrogen-bond acceptors (Lipinski definition) is 3. The maximum Gasteiger partial charge on any atom is 0.126 e. The van der Waals surface area contributed by atoms with Crippen LogP contribution in [0.1, 0.15) is 23.1 Å². The van der Waals surface area contributed by atoms with Crippen molar-refractivity contribution < 1.29 is 9.47 Å². The summed E-state index contributed by atoms with van der Waals surface area (Å²) in [6, 6.07) is 26.9. The minimum atomic E-state index is 0.200. The van der Waals surface area contributed by atoms with Gasteiger partial charge in [-0.1, -0.05) is 66.7 Å². The van der Waals surface area contributed by atoms with E-state index in [0.717, 1.165) is 37.4 Å². The van der Waals surface area contributed by atoms with Crippen LogP contribution in [0.2, 0.25) is 0 Å². The van der Waals surface area contributed by atoms with Crippen LogP contribution in [-0.2, 0) is 19.6 Å². The van der Waals surface area contributed by atoms with Crippen LogP contribution in [0.5, 0.6) is 11.5 Å². The molecule has 3 nitrogen and oxygen atoms in total. The molecule has 0 spiro atoms. The molecule has 0 amide bonds. The number of fused-ring (bicyclic) bond motifs is 1. The summed E-state index contributed by atoms with van der Waals surface area (Å²) in [6.45, 7) is 2.29. The molecule has 0 bridgehead atoms. The largest absolute Gasteiger partial charge is 0.489 e. The van der Waals surface area contributed by atoms with Crippen molar-refractivity contribution in [1.29, 1.82) is 0 Å². The van der Waals surface area contributed by atoms with Gasteiger partial charge in [0.15, 0.2) is 0 Å². The summed E-state index contributed by atoms with van der Waals surface area (Å²) in [4.78, 5) is 0. The first-order valence-corrected chi connectivity index (χ1v) is 9.58. The molecule has 0 saturated heterocycles. The minimum absolute atomic E-state index is 0.200. The van der Waals surface area contributed by atoms with Crippen LogP contribution < -0.4 is 14.8 Å². The monoisotopic (exact) mass is 359 g/mol. The highest BCUT2D eigenvalue weighted by Crippen LogP contribution is 2.31. The summed E-state index contributed by atoms with van der Waals surface area (Å²) in [6.07, 6.45) is 2.29. The first-order chi connectivity index (χ1) is 13.4. The number of aryl methyl sites for hydroxylation is 1. The van der Waals surface area contributed by atoms with Gasteiger partial charge in [-0.15, -0.1) is 0 Å². The van der Waals surface area contributed by atoms with Gasteiger partial charge >= 0.3 is 0 Å². The van der Waals surface area contributed by atoms with E-state index in [2.05, 4.69) is 47.8 Å². The third-order valence-corrected chi connectivity index (χ3v) is 4.86. The molecule has 1 heterocycles. The average Bonchev–Trinajstić information content (AvgIpc) is 2.73. The van der Waals surface area contributed by atoms with Crippen LogP contribution in [0.25, 0.3) is 0 Å². The Balaban J connectivity index is 1.31. The van der Waals surface area contributed by atoms with Gasteiger partial charge in [-0.2, -0.15) is 0 Å². The van der Waals surface area contributed by atoms with E-state index in [0.29, 0.717) is 6.61 Å². The molecule has 1 unspecified atom stereocenters. The first-order valence-electron chi connectivity index (χ1n) is 9.58. The standard InChI is InChI=1S/C24H25NO2/c1-3-7-19(8-4-1)16-25-17-23-14-12-21-11-13-22(15-24(21)27-23)26-18-20-9-5-2-6-10-20/h1-11,13,15,23,25H,12,14,16-18H2. The molecule has 1 atom stereocenters. The van der Waals surface area contributed by atoms with Crippen molar-refractivity contribution in [1.82, 2.24) is 5.32 Å². The predicted molar refractivity (Wildman–Crippen MR) is 108 cm³/mol. The van der Waals surface area contributed by atoms with Crippen LogP contribution in [0.15, 0.2) is 78.9 Å². The fraction of sp³-hybridized carbons (Fsp3) is 0.250. The molecule has 0 aromatic heterocycles. The second-order valence-electron chi connectivity index (χ2n) is 6.94. The summed E-state index contributed by atoms with van der Waals surface area (Å²) in [7, 11) is 0. The van der Waals surface area contributed by atoms with Crippen LogP contribution in [0.3, 0.4) is 0 Å². The van der Waals surface area contributed by atoms with E-state index in [4.69, 9.17) is 9.47 Å². The van der Waals surface area contributed by atoms with Gasteiger partial charge in [0.25, 0.3) is 0 Å². The minimum Gasteiger partial charge on any atom is -0.489 e. The second-order valence-corrected chi connectivity index (χ2v) is 6.94. The first kappa shape index (κ1) is 17.6. The Kier molecular flexibility index (Phi) is 5.70. The molecule has 0 saturated carbocycles. The lowest BCUT2D eigenvalue weighted by molar-refractivity contribution is 0.169. The Labute approximate surface area is 161 Å². The molecule has 4 rings (SSSR count). The molecule has 27 heavy (non-hydrogen) atoms. The molecule has 3 aromatic rings. The lowest BCUT2D eigenvalue weighted by atomic mass is 10.0. The lowest BCUT2D eigenvalue weighted by Crippen LogP contribution is -2.33. The summed E-state index contributed by atoms with van der Waals surface area (Å²) >= 11 is 0. The van der Waals surface area contributed by atoms with Crippen molar-refractivity contribution in [2.24, 2.45) is 0 Å². The van der Waals surface area contributed by atoms with E-state index in [9.17, 15) is 0 Å². The molecular weight excluding hydrogens is 334 g/mol. The Morgan fingerprint density at radius 2 is 1.63 bits per heavy atom. The zero-order valence-corrected chi connectivity index (χ0v) is 15.4. The Bertz CT molecular complexity index is 849. The van der Waals surface area contributed by atoms with Gasteiger partial charge in [0.2, 0.25) is 0 Å². The maximum atomic E-state index is 6.22. The van der Waals surface area contributed by atoms with Gasteiger partial charge in [0.1, 0.15) is 24.2 Å². The smallest absolute Gasteiger partial charge is 0.126 e. The predicted octanol–water partition coefficient (Wildman–Crippen LogP) is 4.75. The van der Waals surface area contributed by atoms with Gasteiger partial charge in [0, 0.05) is 19.2 Å². The van der Waals surface area contributed by atoms with Gasteiger partial charge < -0.3 is 14.8 Å². The van der Waals surface area contributed by atoms with Gasteiger partial charge in [-0.25, -0.2) is 0 Å². The van der Waals surface area contributed by atoms with Crippen LogP contribution in [0, 0.1) is 0 Å². The molecule has 0 fully saturated rings. The van der Waals surface area contributed by atoms with Crippen LogP contribution >= 0.6 is 0 Å². The molecule has 138 valence electrons. The SMILES string of the molecule is c1ccc(CNCC2CCc3ccc(OCc4ccccc4)cc3O2)cc1. The Morgan fingerprint density at radius 1 is 0.889 bits per heavy atom. The summed E-state index contributed by atoms with van der Waals surface area (Å²) in [5.74, 6) is 1.81. The lowest BCUT2D eigenvalue weighted by Gasteiger charge is -2.27. The van der Waals surface area contributed by atoms with E-state index in [1.165, 1.54) is 16.7 Å². The quantitative estimate of drug-likeness (QED) is 0.660. The fourth-order valence-corrected chi connectivity index (χ4v) is 3.35. The van der Waals surface area contributed by atoms with Crippen LogP contribution in [-0.4, -0.2) is 12.6 Å². The summed E-state index contributed by atoms with van der Waals surface area (Å²) in [5, 5.41) is 3.51. The zero-order valence-electron chi connectivity index (χ0n) is 15.4. The Hall–Kier alpha value is -2.78. The third kappa shape index (κ3) is 4.89. The van der Waals surface area contributed by atoms with Gasteiger partial charge in [-0.05, 0) is 35.6 Å². The summed E-state index contributed by atoms with van der Waals surface area (Å²) < 4.78 is 12.2.